The number of carbonyl (C=O) groups excluding carboxylic acids is 3. The van der Waals surface area contributed by atoms with Crippen LogP contribution in [0.5, 0.6) is 0 Å². The van der Waals surface area contributed by atoms with E-state index in [4.69, 9.17) is 0 Å². The Morgan fingerprint density at radius 3 is 2.54 bits per heavy atom. The van der Waals surface area contributed by atoms with Crippen LogP contribution in [-0.4, -0.2) is 71.6 Å². The van der Waals surface area contributed by atoms with Gasteiger partial charge in [0.25, 0.3) is 11.1 Å². The first-order chi connectivity index (χ1) is 12.5. The fourth-order valence-corrected chi connectivity index (χ4v) is 3.62. The van der Waals surface area contributed by atoms with Crippen LogP contribution in [0.4, 0.5) is 4.79 Å². The molecule has 2 heterocycles. The number of hydrogen-bond acceptors (Lipinski definition) is 6. The molecule has 0 spiro atoms. The zero-order valence-electron chi connectivity index (χ0n) is 14.7. The number of amides is 3. The molecular weight excluding hydrogens is 352 g/mol. The summed E-state index contributed by atoms with van der Waals surface area (Å²) in [5.74, 6) is -0.517. The van der Waals surface area contributed by atoms with Crippen molar-refractivity contribution in [2.45, 2.75) is 6.42 Å². The second-order valence-corrected chi connectivity index (χ2v) is 7.31. The summed E-state index contributed by atoms with van der Waals surface area (Å²) in [6.45, 7) is 3.42. The monoisotopic (exact) mass is 374 g/mol. The van der Waals surface area contributed by atoms with Crippen LogP contribution in [0.25, 0.3) is 6.08 Å². The third kappa shape index (κ3) is 4.72. The molecule has 0 atom stereocenters. The Balaban J connectivity index is 1.52. The maximum Gasteiger partial charge on any atom is 0.293 e. The zero-order chi connectivity index (χ0) is 18.5. The number of carbonyl (C=O) groups is 3. The van der Waals surface area contributed by atoms with Crippen molar-refractivity contribution in [2.24, 2.45) is 0 Å². The largest absolute Gasteiger partial charge is 0.304 e. The molecule has 26 heavy (non-hydrogen) atoms. The summed E-state index contributed by atoms with van der Waals surface area (Å²) >= 11 is 0.915. The van der Waals surface area contributed by atoms with Gasteiger partial charge in [0.2, 0.25) is 5.91 Å². The highest BCUT2D eigenvalue weighted by Gasteiger charge is 2.35. The minimum absolute atomic E-state index is 0.0936. The van der Waals surface area contributed by atoms with Gasteiger partial charge in [-0.2, -0.15) is 0 Å². The minimum atomic E-state index is -0.337. The highest BCUT2D eigenvalue weighted by Crippen LogP contribution is 2.32. The van der Waals surface area contributed by atoms with Crippen molar-refractivity contribution in [3.63, 3.8) is 0 Å². The average Bonchev–Trinajstić information content (AvgIpc) is 2.89. The third-order valence-electron chi connectivity index (χ3n) is 4.32. The molecule has 0 radical (unpaired) electrons. The quantitative estimate of drug-likeness (QED) is 0.786. The Hall–Kier alpha value is -2.16. The van der Waals surface area contributed by atoms with Crippen LogP contribution in [-0.2, 0) is 9.59 Å². The Labute approximate surface area is 157 Å². The summed E-state index contributed by atoms with van der Waals surface area (Å²) in [5.41, 5.74) is 3.71. The van der Waals surface area contributed by atoms with Gasteiger partial charge in [-0.05, 0) is 30.4 Å². The van der Waals surface area contributed by atoms with Gasteiger partial charge in [0.1, 0.15) is 0 Å². The predicted octanol–water partition coefficient (Wildman–Crippen LogP) is 1.39. The lowest BCUT2D eigenvalue weighted by atomic mass is 10.2. The van der Waals surface area contributed by atoms with E-state index in [1.807, 2.05) is 42.4 Å². The second-order valence-electron chi connectivity index (χ2n) is 6.32. The Kier molecular flexibility index (Phi) is 6.08. The molecule has 3 rings (SSSR count). The van der Waals surface area contributed by atoms with Gasteiger partial charge in [-0.1, -0.05) is 30.3 Å². The number of thioether (sulfide) groups is 1. The molecule has 8 heteroatoms. The van der Waals surface area contributed by atoms with Crippen molar-refractivity contribution >= 4 is 34.9 Å². The zero-order valence-corrected chi connectivity index (χ0v) is 15.5. The molecule has 2 aliphatic heterocycles. The number of imide groups is 1. The summed E-state index contributed by atoms with van der Waals surface area (Å²) in [6, 6.07) is 9.38. The number of hydrogen-bond donors (Lipinski definition) is 1. The molecule has 0 aromatic heterocycles. The van der Waals surface area contributed by atoms with E-state index in [0.717, 1.165) is 48.4 Å². The number of nitrogens with one attached hydrogen (secondary N) is 1. The number of likely N-dealkylation sites (N-methyl/N-ethyl adjacent to an activating group) is 1. The Morgan fingerprint density at radius 1 is 1.15 bits per heavy atom. The fraction of sp³-hybridized carbons (Fsp3) is 0.389. The highest BCUT2D eigenvalue weighted by molar-refractivity contribution is 8.18. The molecule has 138 valence electrons. The van der Waals surface area contributed by atoms with Gasteiger partial charge in [0.05, 0.1) is 4.91 Å². The Bertz CT molecular complexity index is 714. The van der Waals surface area contributed by atoms with Crippen molar-refractivity contribution in [2.75, 3.05) is 39.8 Å². The predicted molar refractivity (Wildman–Crippen MR) is 101 cm³/mol. The second kappa shape index (κ2) is 8.48. The van der Waals surface area contributed by atoms with Crippen LogP contribution >= 0.6 is 11.8 Å². The number of hydrazine groups is 1. The first kappa shape index (κ1) is 18.6. The van der Waals surface area contributed by atoms with Gasteiger partial charge < -0.3 is 4.90 Å². The lowest BCUT2D eigenvalue weighted by molar-refractivity contribution is -0.127. The molecule has 0 unspecified atom stereocenters. The number of nitrogens with zero attached hydrogens (tertiary/aromatic N) is 3. The van der Waals surface area contributed by atoms with Crippen molar-refractivity contribution in [3.05, 3.63) is 40.8 Å². The SMILES string of the molecule is CN1CCN(NC(=O)CCN2C(=O)S/C(=C/c3ccccc3)C2=O)CC1. The van der Waals surface area contributed by atoms with E-state index in [1.54, 1.807) is 6.08 Å². The number of benzene rings is 1. The van der Waals surface area contributed by atoms with Crippen molar-refractivity contribution in [1.82, 2.24) is 20.2 Å². The van der Waals surface area contributed by atoms with Crippen molar-refractivity contribution in [1.29, 1.82) is 0 Å². The van der Waals surface area contributed by atoms with Crippen LogP contribution in [0, 0.1) is 0 Å². The van der Waals surface area contributed by atoms with E-state index in [-0.39, 0.29) is 30.0 Å². The molecular formula is C18H22N4O3S. The van der Waals surface area contributed by atoms with Gasteiger partial charge in [0, 0.05) is 39.1 Å². The first-order valence-corrected chi connectivity index (χ1v) is 9.38. The molecule has 2 saturated heterocycles. The molecule has 2 fully saturated rings. The standard InChI is InChI=1S/C18H22N4O3S/c1-20-9-11-21(12-10-20)19-16(23)7-8-22-17(24)15(26-18(22)25)13-14-5-3-2-4-6-14/h2-6,13H,7-12H2,1H3,(H,19,23)/b15-13+. The lowest BCUT2D eigenvalue weighted by Gasteiger charge is -2.32. The summed E-state index contributed by atoms with van der Waals surface area (Å²) in [4.78, 5) is 40.4. The van der Waals surface area contributed by atoms with E-state index >= 15 is 0 Å². The topological polar surface area (TPSA) is 73.0 Å². The van der Waals surface area contributed by atoms with Gasteiger partial charge in [0.15, 0.2) is 0 Å². The minimum Gasteiger partial charge on any atom is -0.304 e. The maximum atomic E-state index is 12.4. The van der Waals surface area contributed by atoms with Gasteiger partial charge in [-0.25, -0.2) is 5.01 Å². The number of rotatable bonds is 5. The molecule has 7 nitrogen and oxygen atoms in total. The van der Waals surface area contributed by atoms with E-state index in [1.165, 1.54) is 0 Å². The normalized spacial score (nSPS) is 20.8. The maximum absolute atomic E-state index is 12.4. The lowest BCUT2D eigenvalue weighted by Crippen LogP contribution is -2.52. The molecule has 0 saturated carbocycles. The van der Waals surface area contributed by atoms with E-state index in [2.05, 4.69) is 10.3 Å². The van der Waals surface area contributed by atoms with Crippen molar-refractivity contribution < 1.29 is 14.4 Å². The summed E-state index contributed by atoms with van der Waals surface area (Å²) in [5, 5.41) is 1.55. The molecule has 0 bridgehead atoms. The summed E-state index contributed by atoms with van der Waals surface area (Å²) < 4.78 is 0. The summed E-state index contributed by atoms with van der Waals surface area (Å²) in [6.07, 6.45) is 1.80. The van der Waals surface area contributed by atoms with Crippen LogP contribution in [0.15, 0.2) is 35.2 Å². The molecule has 3 amide bonds. The van der Waals surface area contributed by atoms with Gasteiger partial charge in [-0.3, -0.25) is 24.7 Å². The highest BCUT2D eigenvalue weighted by atomic mass is 32.2. The fourth-order valence-electron chi connectivity index (χ4n) is 2.76. The third-order valence-corrected chi connectivity index (χ3v) is 5.23. The smallest absolute Gasteiger partial charge is 0.293 e. The van der Waals surface area contributed by atoms with E-state index < -0.39 is 0 Å². The molecule has 1 N–H and O–H groups in total. The number of piperazine rings is 1. The van der Waals surface area contributed by atoms with E-state index in [9.17, 15) is 14.4 Å². The molecule has 1 aromatic carbocycles. The van der Waals surface area contributed by atoms with Crippen LogP contribution in [0.1, 0.15) is 12.0 Å². The van der Waals surface area contributed by atoms with Crippen LogP contribution < -0.4 is 5.43 Å². The van der Waals surface area contributed by atoms with Crippen molar-refractivity contribution in [3.8, 4) is 0 Å². The van der Waals surface area contributed by atoms with Crippen LogP contribution in [0.2, 0.25) is 0 Å². The van der Waals surface area contributed by atoms with Crippen LogP contribution in [0.3, 0.4) is 0 Å². The van der Waals surface area contributed by atoms with Gasteiger partial charge >= 0.3 is 0 Å². The molecule has 0 aliphatic carbocycles. The molecule has 2 aliphatic rings. The first-order valence-electron chi connectivity index (χ1n) is 8.56. The average molecular weight is 374 g/mol. The van der Waals surface area contributed by atoms with E-state index in [0.29, 0.717) is 4.91 Å². The summed E-state index contributed by atoms with van der Waals surface area (Å²) in [7, 11) is 2.04. The Morgan fingerprint density at radius 2 is 1.85 bits per heavy atom. The van der Waals surface area contributed by atoms with Gasteiger partial charge in [-0.15, -0.1) is 0 Å². The molecule has 1 aromatic rings.